The van der Waals surface area contributed by atoms with E-state index < -0.39 is 0 Å². The zero-order chi connectivity index (χ0) is 12.1. The second kappa shape index (κ2) is 6.17. The Balaban J connectivity index is 1.84. The molecule has 92 valence electrons. The van der Waals surface area contributed by atoms with Gasteiger partial charge in [-0.2, -0.15) is 0 Å². The lowest BCUT2D eigenvalue weighted by Gasteiger charge is -2.22. The van der Waals surface area contributed by atoms with E-state index in [2.05, 4.69) is 26.6 Å². The third-order valence-electron chi connectivity index (χ3n) is 3.04. The van der Waals surface area contributed by atoms with Gasteiger partial charge in [0.2, 0.25) is 0 Å². The third-order valence-corrected chi connectivity index (χ3v) is 3.53. The van der Waals surface area contributed by atoms with Crippen LogP contribution < -0.4 is 10.6 Å². The van der Waals surface area contributed by atoms with Crippen LogP contribution in [0.5, 0.6) is 0 Å². The summed E-state index contributed by atoms with van der Waals surface area (Å²) in [7, 11) is 0. The molecule has 17 heavy (non-hydrogen) atoms. The Kier molecular flexibility index (Phi) is 4.57. The molecule has 1 atom stereocenters. The van der Waals surface area contributed by atoms with Crippen molar-refractivity contribution >= 4 is 21.8 Å². The molecular weight excluding hydrogens is 280 g/mol. The van der Waals surface area contributed by atoms with Gasteiger partial charge in [0.25, 0.3) is 5.91 Å². The van der Waals surface area contributed by atoms with Gasteiger partial charge >= 0.3 is 0 Å². The summed E-state index contributed by atoms with van der Waals surface area (Å²) in [6.45, 7) is 2.88. The summed E-state index contributed by atoms with van der Waals surface area (Å²) in [6.07, 6.45) is 2.41. The Morgan fingerprint density at radius 2 is 2.41 bits per heavy atom. The third kappa shape index (κ3) is 3.82. The molecule has 0 aliphatic carbocycles. The normalized spacial score (nSPS) is 19.9. The molecule has 1 aromatic rings. The molecule has 0 radical (unpaired) electrons. The number of hydrogen-bond acceptors (Lipinski definition) is 2. The highest BCUT2D eigenvalue weighted by molar-refractivity contribution is 9.10. The van der Waals surface area contributed by atoms with Gasteiger partial charge in [-0.25, -0.2) is 0 Å². The lowest BCUT2D eigenvalue weighted by molar-refractivity contribution is 0.0945. The Morgan fingerprint density at radius 1 is 1.53 bits per heavy atom. The number of amides is 1. The first kappa shape index (κ1) is 12.6. The predicted octanol–water partition coefficient (Wildman–Crippen LogP) is 2.18. The minimum Gasteiger partial charge on any atom is -0.352 e. The van der Waals surface area contributed by atoms with Crippen LogP contribution in [0.4, 0.5) is 0 Å². The van der Waals surface area contributed by atoms with Crippen LogP contribution in [0, 0.1) is 5.92 Å². The summed E-state index contributed by atoms with van der Waals surface area (Å²) >= 11 is 3.37. The predicted molar refractivity (Wildman–Crippen MR) is 72.1 cm³/mol. The minimum atomic E-state index is 0.0110. The Morgan fingerprint density at radius 3 is 3.12 bits per heavy atom. The van der Waals surface area contributed by atoms with Crippen molar-refractivity contribution in [2.75, 3.05) is 19.6 Å². The average Bonchev–Trinajstić information content (AvgIpc) is 2.37. The quantitative estimate of drug-likeness (QED) is 0.898. The van der Waals surface area contributed by atoms with E-state index in [4.69, 9.17) is 0 Å². The molecule has 1 heterocycles. The number of carbonyl (C=O) groups is 1. The Hall–Kier alpha value is -0.870. The van der Waals surface area contributed by atoms with Crippen molar-refractivity contribution < 1.29 is 4.79 Å². The number of hydrogen-bond donors (Lipinski definition) is 2. The summed E-state index contributed by atoms with van der Waals surface area (Å²) in [5.74, 6) is 0.580. The van der Waals surface area contributed by atoms with Crippen LogP contribution in [0.3, 0.4) is 0 Å². The van der Waals surface area contributed by atoms with Gasteiger partial charge in [-0.1, -0.05) is 22.0 Å². The van der Waals surface area contributed by atoms with Crippen molar-refractivity contribution in [2.45, 2.75) is 12.8 Å². The smallest absolute Gasteiger partial charge is 0.251 e. The van der Waals surface area contributed by atoms with Gasteiger partial charge in [-0.3, -0.25) is 4.79 Å². The van der Waals surface area contributed by atoms with Gasteiger partial charge in [0, 0.05) is 16.6 Å². The van der Waals surface area contributed by atoms with E-state index in [9.17, 15) is 4.79 Å². The van der Waals surface area contributed by atoms with Gasteiger partial charge in [0.05, 0.1) is 0 Å². The molecule has 0 spiro atoms. The van der Waals surface area contributed by atoms with Crippen LogP contribution in [0.1, 0.15) is 23.2 Å². The SMILES string of the molecule is O=C(NCC1CCCNC1)c1cccc(Br)c1. The van der Waals surface area contributed by atoms with Crippen LogP contribution in [-0.4, -0.2) is 25.5 Å². The molecule has 0 bridgehead atoms. The number of benzene rings is 1. The number of carbonyl (C=O) groups excluding carboxylic acids is 1. The van der Waals surface area contributed by atoms with E-state index in [-0.39, 0.29) is 5.91 Å². The fourth-order valence-corrected chi connectivity index (χ4v) is 2.47. The maximum absolute atomic E-state index is 11.9. The number of piperidine rings is 1. The fraction of sp³-hybridized carbons (Fsp3) is 0.462. The highest BCUT2D eigenvalue weighted by Crippen LogP contribution is 2.12. The van der Waals surface area contributed by atoms with E-state index in [0.717, 1.165) is 24.1 Å². The maximum atomic E-state index is 11.9. The molecule has 3 nitrogen and oxygen atoms in total. The molecule has 2 N–H and O–H groups in total. The molecule has 1 fully saturated rings. The van der Waals surface area contributed by atoms with Gasteiger partial charge in [-0.15, -0.1) is 0 Å². The first-order valence-corrected chi connectivity index (χ1v) is 6.79. The minimum absolute atomic E-state index is 0.0110. The van der Waals surface area contributed by atoms with Crippen molar-refractivity contribution in [3.63, 3.8) is 0 Å². The Labute approximate surface area is 110 Å². The highest BCUT2D eigenvalue weighted by Gasteiger charge is 2.14. The maximum Gasteiger partial charge on any atom is 0.251 e. The second-order valence-corrected chi connectivity index (χ2v) is 5.35. The van der Waals surface area contributed by atoms with Gasteiger partial charge < -0.3 is 10.6 Å². The molecule has 1 saturated heterocycles. The lowest BCUT2D eigenvalue weighted by Crippen LogP contribution is -2.38. The largest absolute Gasteiger partial charge is 0.352 e. The van der Waals surface area contributed by atoms with Crippen LogP contribution in [0.25, 0.3) is 0 Å². The molecule has 1 aromatic carbocycles. The molecule has 1 aliphatic rings. The van der Waals surface area contributed by atoms with Gasteiger partial charge in [0.15, 0.2) is 0 Å². The standard InChI is InChI=1S/C13H17BrN2O/c14-12-5-1-4-11(7-12)13(17)16-9-10-3-2-6-15-8-10/h1,4-5,7,10,15H,2-3,6,8-9H2,(H,16,17). The number of halogens is 1. The zero-order valence-electron chi connectivity index (χ0n) is 9.71. The fourth-order valence-electron chi connectivity index (χ4n) is 2.07. The van der Waals surface area contributed by atoms with E-state index in [1.54, 1.807) is 0 Å². The van der Waals surface area contributed by atoms with Crippen molar-refractivity contribution in [1.29, 1.82) is 0 Å². The van der Waals surface area contributed by atoms with E-state index in [0.29, 0.717) is 11.5 Å². The highest BCUT2D eigenvalue weighted by atomic mass is 79.9. The summed E-state index contributed by atoms with van der Waals surface area (Å²) in [6, 6.07) is 7.47. The number of nitrogens with one attached hydrogen (secondary N) is 2. The summed E-state index contributed by atoms with van der Waals surface area (Å²) in [4.78, 5) is 11.9. The molecule has 4 heteroatoms. The van der Waals surface area contributed by atoms with Crippen LogP contribution in [0.2, 0.25) is 0 Å². The molecule has 2 rings (SSSR count). The summed E-state index contributed by atoms with van der Waals surface area (Å²) in [5.41, 5.74) is 0.711. The van der Waals surface area contributed by atoms with E-state index in [1.807, 2.05) is 24.3 Å². The topological polar surface area (TPSA) is 41.1 Å². The first-order chi connectivity index (χ1) is 8.25. The molecule has 1 amide bonds. The monoisotopic (exact) mass is 296 g/mol. The van der Waals surface area contributed by atoms with E-state index in [1.165, 1.54) is 12.8 Å². The van der Waals surface area contributed by atoms with E-state index >= 15 is 0 Å². The zero-order valence-corrected chi connectivity index (χ0v) is 11.3. The molecular formula is C13H17BrN2O. The van der Waals surface area contributed by atoms with Crippen molar-refractivity contribution in [1.82, 2.24) is 10.6 Å². The van der Waals surface area contributed by atoms with Gasteiger partial charge in [0.1, 0.15) is 0 Å². The van der Waals surface area contributed by atoms with Gasteiger partial charge in [-0.05, 0) is 50.0 Å². The summed E-state index contributed by atoms with van der Waals surface area (Å²) < 4.78 is 0.935. The first-order valence-electron chi connectivity index (χ1n) is 6.00. The average molecular weight is 297 g/mol. The van der Waals surface area contributed by atoms with Crippen molar-refractivity contribution in [3.05, 3.63) is 34.3 Å². The van der Waals surface area contributed by atoms with Crippen LogP contribution in [-0.2, 0) is 0 Å². The Bertz CT molecular complexity index is 389. The second-order valence-electron chi connectivity index (χ2n) is 4.43. The molecule has 0 aromatic heterocycles. The van der Waals surface area contributed by atoms with Crippen LogP contribution >= 0.6 is 15.9 Å². The van der Waals surface area contributed by atoms with Crippen molar-refractivity contribution in [2.24, 2.45) is 5.92 Å². The molecule has 1 aliphatic heterocycles. The molecule has 0 saturated carbocycles. The number of rotatable bonds is 3. The molecule has 1 unspecified atom stereocenters. The lowest BCUT2D eigenvalue weighted by atomic mass is 10.00. The summed E-state index contributed by atoms with van der Waals surface area (Å²) in [5, 5.41) is 6.34. The van der Waals surface area contributed by atoms with Crippen molar-refractivity contribution in [3.8, 4) is 0 Å². The van der Waals surface area contributed by atoms with Crippen LogP contribution in [0.15, 0.2) is 28.7 Å².